The first kappa shape index (κ1) is 74.7. The smallest absolute Gasteiger partial charge is 0.348 e. The van der Waals surface area contributed by atoms with Crippen LogP contribution in [0.3, 0.4) is 0 Å². The summed E-state index contributed by atoms with van der Waals surface area (Å²) in [7, 11) is 0. The number of carbonyl (C=O) groups excluding carboxylic acids is 11. The van der Waals surface area contributed by atoms with Crippen LogP contribution >= 0.6 is 0 Å². The van der Waals surface area contributed by atoms with Crippen molar-refractivity contribution in [3.05, 3.63) is 185 Å². The normalized spacial score (nSPS) is 24.1. The number of aliphatic hydroxyl groups excluding tert-OH is 1. The molecule has 3 fully saturated rings. The van der Waals surface area contributed by atoms with Crippen LogP contribution in [-0.2, 0) is 82.7 Å². The first-order valence-corrected chi connectivity index (χ1v) is 32.5. The summed E-state index contributed by atoms with van der Waals surface area (Å²) < 4.78 is 65.3. The van der Waals surface area contributed by atoms with E-state index in [9.17, 15) is 48.6 Å². The first-order valence-electron chi connectivity index (χ1n) is 32.5. The lowest BCUT2D eigenvalue weighted by molar-refractivity contribution is -0.346. The molecule has 0 spiro atoms. The molecule has 3 N–H and O–H groups in total. The molecule has 101 heavy (non-hydrogen) atoms. The topological polar surface area (TPSA) is 342 Å². The number of carbonyl (C=O) groups is 11. The van der Waals surface area contributed by atoms with Crippen molar-refractivity contribution >= 4 is 71.3 Å². The molecule has 12 atom stereocenters. The van der Waals surface area contributed by atoms with Gasteiger partial charge in [-0.3, -0.25) is 43.2 Å². The largest absolute Gasteiger partial charge is 0.479 e. The predicted molar refractivity (Wildman–Crippen MR) is 356 cm³/mol. The quantitative estimate of drug-likeness (QED) is 0.0123. The van der Waals surface area contributed by atoms with Crippen LogP contribution in [0.5, 0.6) is 23.0 Å². The van der Waals surface area contributed by atoms with Gasteiger partial charge >= 0.3 is 47.8 Å². The van der Waals surface area contributed by atoms with E-state index in [0.29, 0.717) is 5.56 Å². The van der Waals surface area contributed by atoms with Crippen LogP contribution in [0.2, 0.25) is 0 Å². The zero-order chi connectivity index (χ0) is 73.5. The highest BCUT2D eigenvalue weighted by atomic mass is 16.6. The van der Waals surface area contributed by atoms with Crippen molar-refractivity contribution in [2.24, 2.45) is 16.7 Å². The number of benzene rings is 5. The highest BCUT2D eigenvalue weighted by molar-refractivity contribution is 5.97. The monoisotopic (exact) mass is 1390 g/mol. The number of aliphatic hydroxyl groups is 2. The van der Waals surface area contributed by atoms with Gasteiger partial charge in [-0.1, -0.05) is 105 Å². The van der Waals surface area contributed by atoms with E-state index in [4.69, 9.17) is 52.1 Å². The lowest BCUT2D eigenvalue weighted by atomic mass is 9.44. The van der Waals surface area contributed by atoms with Gasteiger partial charge in [0.25, 0.3) is 5.91 Å². The van der Waals surface area contributed by atoms with Crippen molar-refractivity contribution in [1.29, 1.82) is 0 Å². The van der Waals surface area contributed by atoms with Crippen molar-refractivity contribution < 1.29 is 115 Å². The Labute approximate surface area is 582 Å². The number of amides is 1. The molecule has 4 aliphatic rings. The van der Waals surface area contributed by atoms with Gasteiger partial charge in [-0.15, -0.1) is 0 Å². The third-order valence-electron chi connectivity index (χ3n) is 18.6. The number of esters is 8. The fourth-order valence-electron chi connectivity index (χ4n) is 13.9. The Morgan fingerprint density at radius 1 is 0.683 bits per heavy atom. The fraction of sp³-hybridized carbons (Fsp3) is 0.382. The molecule has 25 nitrogen and oxygen atoms in total. The van der Waals surface area contributed by atoms with Gasteiger partial charge in [0.05, 0.1) is 48.4 Å². The number of ketones is 2. The van der Waals surface area contributed by atoms with E-state index >= 15 is 14.4 Å². The molecule has 2 saturated carbocycles. The van der Waals surface area contributed by atoms with Gasteiger partial charge in [-0.05, 0) is 96.3 Å². The third kappa shape index (κ3) is 16.2. The Morgan fingerprint density at radius 3 is 1.81 bits per heavy atom. The van der Waals surface area contributed by atoms with Crippen LogP contribution in [0, 0.1) is 16.7 Å². The summed E-state index contributed by atoms with van der Waals surface area (Å²) in [5.74, 6) is -11.7. The van der Waals surface area contributed by atoms with Crippen LogP contribution in [0.4, 0.5) is 0 Å². The average Bonchev–Trinajstić information content (AvgIpc) is 0.669. The molecule has 3 aliphatic carbocycles. The summed E-state index contributed by atoms with van der Waals surface area (Å²) in [6, 6.07) is 30.6. The molecular formula is C76H79NO24. The standard InChI is InChI=1S/C76H79NO24/c1-41(27-28-49-29-31-55(94-43(3)78)57(35-49)96-45(5)80)93-59(37-50-30-32-56(95-44(4)79)58(36-50)97-46(6)81)72(89)99-65(64(51-21-15-12-16-22-51)77-70(87)52-23-17-13-18-24-52)54(84)33-34-91-60-39-76(90)69(100-71(88)53-25-19-14-20-26-53)67-74(11,61(85)38-62-75(67,40-92-62)101-48(8)83)68(86)66(98-47(7)82)63(42(60)2)73(76,9)10/h12-32,35-36,59-62,64-67,69,85,90H,1,33-34,37-40H2,2-11H3,(H,77,87)/b28-27+/t59?,60-,61-,62?,64?,65?,66+,67?,69-,74+,75-,76?/m0/s1. The summed E-state index contributed by atoms with van der Waals surface area (Å²) in [6.07, 6.45) is -10.6. The van der Waals surface area contributed by atoms with Gasteiger partial charge in [0.15, 0.2) is 58.5 Å². The Morgan fingerprint density at radius 2 is 1.25 bits per heavy atom. The zero-order valence-electron chi connectivity index (χ0n) is 57.3. The minimum atomic E-state index is -2.43. The molecule has 1 amide bonds. The highest BCUT2D eigenvalue weighted by Gasteiger charge is 2.78. The summed E-state index contributed by atoms with van der Waals surface area (Å²) in [5.41, 5.74) is -6.84. The first-order chi connectivity index (χ1) is 47.8. The summed E-state index contributed by atoms with van der Waals surface area (Å²) in [4.78, 5) is 151. The lowest BCUT2D eigenvalue weighted by Gasteiger charge is -2.67. The van der Waals surface area contributed by atoms with Gasteiger partial charge < -0.3 is 67.6 Å². The van der Waals surface area contributed by atoms with E-state index in [2.05, 4.69) is 11.9 Å². The Kier molecular flexibility index (Phi) is 22.9. The fourth-order valence-corrected chi connectivity index (χ4v) is 13.9. The zero-order valence-corrected chi connectivity index (χ0v) is 57.3. The Bertz CT molecular complexity index is 4130. The lowest BCUT2D eigenvalue weighted by Crippen LogP contribution is -2.82. The van der Waals surface area contributed by atoms with Crippen LogP contribution in [0.15, 0.2) is 157 Å². The third-order valence-corrected chi connectivity index (χ3v) is 18.6. The maximum absolute atomic E-state index is 15.9. The van der Waals surface area contributed by atoms with Crippen molar-refractivity contribution in [2.45, 2.75) is 155 Å². The predicted octanol–water partition coefficient (Wildman–Crippen LogP) is 8.28. The molecule has 25 heteroatoms. The number of hydrogen-bond acceptors (Lipinski definition) is 24. The Balaban J connectivity index is 1.12. The van der Waals surface area contributed by atoms with Crippen molar-refractivity contribution in [3.8, 4) is 23.0 Å². The maximum atomic E-state index is 15.9. The van der Waals surface area contributed by atoms with Crippen LogP contribution in [0.1, 0.15) is 132 Å². The summed E-state index contributed by atoms with van der Waals surface area (Å²) in [5, 5.41) is 29.4. The van der Waals surface area contributed by atoms with E-state index in [-0.39, 0.29) is 75.2 Å². The number of allylic oxidation sites excluding steroid dienone is 1. The SMILES string of the molecule is C=C(/C=C/c1ccc(OC(C)=O)c(OC(C)=O)c1)OC(Cc1ccc(OC(C)=O)c(OC(C)=O)c1)C(=O)OC(C(=O)CCO[C@H]1CC2(O)[C@@H](OC(=O)c3ccccc3)C3[C@]4(OC(C)=O)COC4C[C@H](O)[C@@]3(C)C(=O)[C@H](OC(C)=O)C(=C1C)C2(C)C)C(NC(=O)c1ccccc1)c1ccccc1. The van der Waals surface area contributed by atoms with E-state index in [1.165, 1.54) is 79.7 Å². The molecule has 9 rings (SSSR count). The molecule has 2 bridgehead atoms. The van der Waals surface area contributed by atoms with Gasteiger partial charge in [0.1, 0.15) is 23.6 Å². The Hall–Kier alpha value is -10.5. The van der Waals surface area contributed by atoms with Crippen molar-refractivity contribution in [2.75, 3.05) is 13.2 Å². The van der Waals surface area contributed by atoms with E-state index in [1.54, 1.807) is 87.5 Å². The molecule has 6 unspecified atom stereocenters. The number of rotatable bonds is 25. The summed E-state index contributed by atoms with van der Waals surface area (Å²) in [6.45, 7) is 15.9. The van der Waals surface area contributed by atoms with Crippen molar-refractivity contribution in [3.63, 3.8) is 0 Å². The van der Waals surface area contributed by atoms with E-state index in [1.807, 2.05) is 0 Å². The van der Waals surface area contributed by atoms with Gasteiger partial charge in [0.2, 0.25) is 0 Å². The molecule has 0 aromatic heterocycles. The second kappa shape index (κ2) is 31.0. The number of hydrogen-bond donors (Lipinski definition) is 3. The molecule has 5 aromatic rings. The highest BCUT2D eigenvalue weighted by Crippen LogP contribution is 2.64. The molecule has 1 heterocycles. The summed E-state index contributed by atoms with van der Waals surface area (Å²) >= 11 is 0. The second-order valence-electron chi connectivity index (χ2n) is 25.9. The molecule has 0 radical (unpaired) electrons. The number of nitrogens with one attached hydrogen (secondary N) is 1. The van der Waals surface area contributed by atoms with E-state index in [0.717, 1.165) is 41.5 Å². The van der Waals surface area contributed by atoms with Gasteiger partial charge in [-0.2, -0.15) is 0 Å². The minimum absolute atomic E-state index is 0.0101. The van der Waals surface area contributed by atoms with Crippen LogP contribution in [0.25, 0.3) is 6.08 Å². The van der Waals surface area contributed by atoms with Crippen LogP contribution < -0.4 is 24.3 Å². The maximum Gasteiger partial charge on any atom is 0.348 e. The molecular weight excluding hydrogens is 1310 g/mol. The number of ether oxygens (including phenoxy) is 11. The second-order valence-corrected chi connectivity index (χ2v) is 25.9. The number of Topliss-reactive ketones (excluding diaryl/α,β-unsaturated/α-hetero) is 2. The molecule has 5 aromatic carbocycles. The molecule has 1 aliphatic heterocycles. The molecule has 532 valence electrons. The van der Waals surface area contributed by atoms with Gasteiger partial charge in [-0.25, -0.2) is 9.59 Å². The van der Waals surface area contributed by atoms with Crippen LogP contribution in [-0.4, -0.2) is 143 Å². The molecule has 1 saturated heterocycles. The minimum Gasteiger partial charge on any atom is -0.479 e. The average molecular weight is 1390 g/mol. The van der Waals surface area contributed by atoms with E-state index < -0.39 is 168 Å². The van der Waals surface area contributed by atoms with Gasteiger partial charge in [0, 0.05) is 78.2 Å². The van der Waals surface area contributed by atoms with Crippen molar-refractivity contribution in [1.82, 2.24) is 5.32 Å². The number of fused-ring (bicyclic) bond motifs is 5.